The molecule has 0 aliphatic carbocycles. The van der Waals surface area contributed by atoms with Crippen LogP contribution in [0.3, 0.4) is 0 Å². The Morgan fingerprint density at radius 1 is 1.07 bits per heavy atom. The van der Waals surface area contributed by atoms with Gasteiger partial charge in [-0.15, -0.1) is 0 Å². The molecule has 0 unspecified atom stereocenters. The van der Waals surface area contributed by atoms with Crippen LogP contribution in [-0.2, 0) is 4.79 Å². The minimum atomic E-state index is -0.241. The van der Waals surface area contributed by atoms with Crippen molar-refractivity contribution in [2.75, 3.05) is 43.5 Å². The fourth-order valence-corrected chi connectivity index (χ4v) is 3.36. The van der Waals surface area contributed by atoms with Crippen molar-refractivity contribution >= 4 is 34.8 Å². The third kappa shape index (κ3) is 4.34. The Labute approximate surface area is 163 Å². The highest BCUT2D eigenvalue weighted by atomic mass is 35.5. The summed E-state index contributed by atoms with van der Waals surface area (Å²) in [7, 11) is 1.49. The second-order valence-corrected chi connectivity index (χ2v) is 6.74. The van der Waals surface area contributed by atoms with Gasteiger partial charge in [0.1, 0.15) is 5.75 Å². The predicted molar refractivity (Wildman–Crippen MR) is 107 cm³/mol. The van der Waals surface area contributed by atoms with E-state index < -0.39 is 0 Å². The van der Waals surface area contributed by atoms with E-state index in [1.54, 1.807) is 17.0 Å². The average Bonchev–Trinajstić information content (AvgIpc) is 2.69. The predicted octanol–water partition coefficient (Wildman–Crippen LogP) is 3.27. The molecule has 1 fully saturated rings. The van der Waals surface area contributed by atoms with E-state index >= 15 is 0 Å². The number of hydrogen-bond acceptors (Lipinski definition) is 4. The van der Waals surface area contributed by atoms with Crippen molar-refractivity contribution in [3.8, 4) is 5.75 Å². The Bertz CT molecular complexity index is 834. The van der Waals surface area contributed by atoms with Crippen molar-refractivity contribution in [2.45, 2.75) is 6.92 Å². The van der Waals surface area contributed by atoms with Gasteiger partial charge in [-0.05, 0) is 18.2 Å². The van der Waals surface area contributed by atoms with Crippen LogP contribution in [0, 0.1) is 0 Å². The highest BCUT2D eigenvalue weighted by Crippen LogP contribution is 2.32. The second kappa shape index (κ2) is 8.31. The third-order valence-electron chi connectivity index (χ3n) is 4.52. The van der Waals surface area contributed by atoms with E-state index in [9.17, 15) is 9.59 Å². The molecule has 2 amide bonds. The number of nitrogens with one attached hydrogen (secondary N) is 1. The molecule has 2 aromatic carbocycles. The van der Waals surface area contributed by atoms with Crippen LogP contribution in [0.1, 0.15) is 17.3 Å². The molecule has 27 heavy (non-hydrogen) atoms. The number of nitrogens with zero attached hydrogens (tertiary/aromatic N) is 2. The first-order valence-corrected chi connectivity index (χ1v) is 9.12. The SMILES string of the molecule is COc1cc(NC(C)=O)c(Cl)cc1C(=O)N1CCN(c2ccccc2)CC1. The number of halogens is 1. The van der Waals surface area contributed by atoms with E-state index in [2.05, 4.69) is 22.3 Å². The fourth-order valence-electron chi connectivity index (χ4n) is 3.15. The molecule has 1 saturated heterocycles. The van der Waals surface area contributed by atoms with Crippen molar-refractivity contribution in [3.63, 3.8) is 0 Å². The van der Waals surface area contributed by atoms with Gasteiger partial charge in [0.05, 0.1) is 23.4 Å². The summed E-state index contributed by atoms with van der Waals surface area (Å²) in [6.45, 7) is 4.14. The molecular weight excluding hydrogens is 366 g/mol. The van der Waals surface area contributed by atoms with Crippen LogP contribution in [0.5, 0.6) is 5.75 Å². The smallest absolute Gasteiger partial charge is 0.257 e. The summed E-state index contributed by atoms with van der Waals surface area (Å²) in [5, 5.41) is 2.94. The molecule has 1 N–H and O–H groups in total. The number of hydrogen-bond donors (Lipinski definition) is 1. The van der Waals surface area contributed by atoms with Gasteiger partial charge in [-0.1, -0.05) is 29.8 Å². The summed E-state index contributed by atoms with van der Waals surface area (Å²) in [4.78, 5) is 28.3. The summed E-state index contributed by atoms with van der Waals surface area (Å²) in [5.74, 6) is 0.0181. The average molecular weight is 388 g/mol. The van der Waals surface area contributed by atoms with Gasteiger partial charge in [0.15, 0.2) is 0 Å². The van der Waals surface area contributed by atoms with Crippen molar-refractivity contribution < 1.29 is 14.3 Å². The molecule has 0 atom stereocenters. The number of benzene rings is 2. The Balaban J connectivity index is 1.74. The van der Waals surface area contributed by atoms with E-state index in [1.165, 1.54) is 14.0 Å². The second-order valence-electron chi connectivity index (χ2n) is 6.33. The molecule has 1 aliphatic heterocycles. The molecule has 0 spiro atoms. The number of ether oxygens (including phenoxy) is 1. The Kier molecular flexibility index (Phi) is 5.86. The molecule has 7 heteroatoms. The lowest BCUT2D eigenvalue weighted by molar-refractivity contribution is -0.114. The van der Waals surface area contributed by atoms with E-state index in [4.69, 9.17) is 16.3 Å². The van der Waals surface area contributed by atoms with E-state index in [1.807, 2.05) is 18.2 Å². The van der Waals surface area contributed by atoms with Gasteiger partial charge >= 0.3 is 0 Å². The summed E-state index contributed by atoms with van der Waals surface area (Å²) < 4.78 is 5.36. The normalized spacial score (nSPS) is 14.0. The van der Waals surface area contributed by atoms with Crippen LogP contribution >= 0.6 is 11.6 Å². The first-order chi connectivity index (χ1) is 13.0. The summed E-state index contributed by atoms with van der Waals surface area (Å²) in [6, 6.07) is 13.3. The molecule has 0 saturated carbocycles. The number of rotatable bonds is 4. The topological polar surface area (TPSA) is 61.9 Å². The van der Waals surface area contributed by atoms with Gasteiger partial charge in [0, 0.05) is 44.9 Å². The number of methoxy groups -OCH3 is 1. The summed E-state index contributed by atoms with van der Waals surface area (Å²) in [6.07, 6.45) is 0. The summed E-state index contributed by atoms with van der Waals surface area (Å²) >= 11 is 6.24. The third-order valence-corrected chi connectivity index (χ3v) is 4.83. The van der Waals surface area contributed by atoms with E-state index in [0.717, 1.165) is 18.8 Å². The van der Waals surface area contributed by atoms with Crippen LogP contribution in [0.4, 0.5) is 11.4 Å². The van der Waals surface area contributed by atoms with Crippen LogP contribution in [-0.4, -0.2) is 50.0 Å². The van der Waals surface area contributed by atoms with Gasteiger partial charge in [-0.25, -0.2) is 0 Å². The molecule has 3 rings (SSSR count). The van der Waals surface area contributed by atoms with Crippen LogP contribution in [0.2, 0.25) is 5.02 Å². The van der Waals surface area contributed by atoms with Crippen LogP contribution in [0.25, 0.3) is 0 Å². The zero-order valence-electron chi connectivity index (χ0n) is 15.4. The van der Waals surface area contributed by atoms with Gasteiger partial charge < -0.3 is 19.9 Å². The van der Waals surface area contributed by atoms with E-state index in [-0.39, 0.29) is 11.8 Å². The van der Waals surface area contributed by atoms with Gasteiger partial charge in [-0.3, -0.25) is 9.59 Å². The number of piperazine rings is 1. The lowest BCUT2D eigenvalue weighted by Gasteiger charge is -2.36. The van der Waals surface area contributed by atoms with Crippen molar-refractivity contribution in [1.29, 1.82) is 0 Å². The molecule has 6 nitrogen and oxygen atoms in total. The standard InChI is InChI=1S/C20H22ClN3O3/c1-14(25)22-18-13-19(27-2)16(12-17(18)21)20(26)24-10-8-23(9-11-24)15-6-4-3-5-7-15/h3-7,12-13H,8-11H2,1-2H3,(H,22,25). The number of carbonyl (C=O) groups excluding carboxylic acids is 2. The van der Waals surface area contributed by atoms with E-state index in [0.29, 0.717) is 35.1 Å². The number of amides is 2. The first kappa shape index (κ1) is 19.0. The molecule has 0 aromatic heterocycles. The Morgan fingerprint density at radius 2 is 1.74 bits per heavy atom. The van der Waals surface area contributed by atoms with Crippen LogP contribution in [0.15, 0.2) is 42.5 Å². The molecule has 2 aromatic rings. The lowest BCUT2D eigenvalue weighted by atomic mass is 10.1. The molecule has 0 bridgehead atoms. The number of carbonyl (C=O) groups is 2. The molecular formula is C20H22ClN3O3. The molecule has 0 radical (unpaired) electrons. The van der Waals surface area contributed by atoms with Crippen molar-refractivity contribution in [1.82, 2.24) is 4.90 Å². The first-order valence-electron chi connectivity index (χ1n) is 8.74. The van der Waals surface area contributed by atoms with Crippen molar-refractivity contribution in [3.05, 3.63) is 53.1 Å². The van der Waals surface area contributed by atoms with Gasteiger partial charge in [-0.2, -0.15) is 0 Å². The number of anilines is 2. The molecule has 142 valence electrons. The zero-order valence-corrected chi connectivity index (χ0v) is 16.1. The maximum absolute atomic E-state index is 13.0. The summed E-state index contributed by atoms with van der Waals surface area (Å²) in [5.41, 5.74) is 1.97. The van der Waals surface area contributed by atoms with Gasteiger partial charge in [0.2, 0.25) is 5.91 Å². The maximum atomic E-state index is 13.0. The largest absolute Gasteiger partial charge is 0.496 e. The quantitative estimate of drug-likeness (QED) is 0.874. The molecule has 1 heterocycles. The zero-order chi connectivity index (χ0) is 19.4. The van der Waals surface area contributed by atoms with Crippen LogP contribution < -0.4 is 15.0 Å². The highest BCUT2D eigenvalue weighted by Gasteiger charge is 2.25. The molecule has 1 aliphatic rings. The number of para-hydroxylation sites is 1. The Hall–Kier alpha value is -2.73. The minimum Gasteiger partial charge on any atom is -0.496 e. The fraction of sp³-hybridized carbons (Fsp3) is 0.300. The van der Waals surface area contributed by atoms with Gasteiger partial charge in [0.25, 0.3) is 5.91 Å². The Morgan fingerprint density at radius 3 is 2.33 bits per heavy atom. The lowest BCUT2D eigenvalue weighted by Crippen LogP contribution is -2.48. The highest BCUT2D eigenvalue weighted by molar-refractivity contribution is 6.34. The van der Waals surface area contributed by atoms with Crippen molar-refractivity contribution in [2.24, 2.45) is 0 Å². The monoisotopic (exact) mass is 387 g/mol. The maximum Gasteiger partial charge on any atom is 0.257 e. The minimum absolute atomic E-state index is 0.129.